The van der Waals surface area contributed by atoms with Gasteiger partial charge in [0.05, 0.1) is 0 Å². The maximum atomic E-state index is 5.97. The minimum atomic E-state index is 0.532. The highest BCUT2D eigenvalue weighted by Crippen LogP contribution is 2.28. The lowest BCUT2D eigenvalue weighted by atomic mass is 10.1. The molecule has 0 fully saturated rings. The molecular formula is C17H18N4. The van der Waals surface area contributed by atoms with Crippen molar-refractivity contribution in [3.63, 3.8) is 0 Å². The van der Waals surface area contributed by atoms with E-state index in [2.05, 4.69) is 33.5 Å². The first-order valence-corrected chi connectivity index (χ1v) is 7.07. The smallest absolute Gasteiger partial charge is 0.139 e. The summed E-state index contributed by atoms with van der Waals surface area (Å²) in [6.07, 6.45) is 0.759. The van der Waals surface area contributed by atoms with Gasteiger partial charge in [-0.15, -0.1) is 0 Å². The van der Waals surface area contributed by atoms with Gasteiger partial charge in [0.1, 0.15) is 17.5 Å². The fourth-order valence-corrected chi connectivity index (χ4v) is 2.32. The number of nitrogens with one attached hydrogen (secondary N) is 1. The summed E-state index contributed by atoms with van der Waals surface area (Å²) >= 11 is 0. The molecule has 0 aliphatic heterocycles. The Kier molecular flexibility index (Phi) is 3.44. The Hall–Kier alpha value is -2.62. The monoisotopic (exact) mass is 278 g/mol. The van der Waals surface area contributed by atoms with Gasteiger partial charge in [-0.25, -0.2) is 9.97 Å². The second-order valence-electron chi connectivity index (χ2n) is 5.00. The van der Waals surface area contributed by atoms with Crippen molar-refractivity contribution in [2.24, 2.45) is 0 Å². The summed E-state index contributed by atoms with van der Waals surface area (Å²) in [6.45, 7) is 3.95. The fraction of sp³-hybridized carbons (Fsp3) is 0.176. The van der Waals surface area contributed by atoms with E-state index < -0.39 is 0 Å². The molecule has 4 nitrogen and oxygen atoms in total. The van der Waals surface area contributed by atoms with Crippen LogP contribution in [0.4, 0.5) is 17.3 Å². The molecule has 106 valence electrons. The van der Waals surface area contributed by atoms with Gasteiger partial charge >= 0.3 is 0 Å². The van der Waals surface area contributed by atoms with Crippen LogP contribution in [-0.2, 0) is 6.42 Å². The van der Waals surface area contributed by atoms with E-state index in [1.807, 2.05) is 38.1 Å². The SMILES string of the molecule is CCc1nc(N)c(C)c(Nc2cccc3ccccc23)n1. The van der Waals surface area contributed by atoms with Crippen molar-refractivity contribution < 1.29 is 0 Å². The summed E-state index contributed by atoms with van der Waals surface area (Å²) in [5, 5.41) is 5.75. The van der Waals surface area contributed by atoms with Gasteiger partial charge in [0.25, 0.3) is 0 Å². The maximum absolute atomic E-state index is 5.97. The van der Waals surface area contributed by atoms with Crippen LogP contribution in [0.3, 0.4) is 0 Å². The molecular weight excluding hydrogens is 260 g/mol. The molecule has 0 spiro atoms. The highest BCUT2D eigenvalue weighted by Gasteiger charge is 2.09. The van der Waals surface area contributed by atoms with Crippen LogP contribution in [0.1, 0.15) is 18.3 Å². The van der Waals surface area contributed by atoms with Crippen molar-refractivity contribution in [1.82, 2.24) is 9.97 Å². The zero-order valence-electron chi connectivity index (χ0n) is 12.2. The third kappa shape index (κ3) is 2.52. The van der Waals surface area contributed by atoms with E-state index in [1.54, 1.807) is 0 Å². The predicted molar refractivity (Wildman–Crippen MR) is 87.8 cm³/mol. The molecule has 0 saturated carbocycles. The van der Waals surface area contributed by atoms with Gasteiger partial charge in [-0.3, -0.25) is 0 Å². The second-order valence-corrected chi connectivity index (χ2v) is 5.00. The Bertz CT molecular complexity index is 791. The molecule has 2 aromatic carbocycles. The van der Waals surface area contributed by atoms with Gasteiger partial charge in [-0.05, 0) is 18.4 Å². The van der Waals surface area contributed by atoms with Crippen LogP contribution in [0, 0.1) is 6.92 Å². The zero-order valence-corrected chi connectivity index (χ0v) is 12.2. The van der Waals surface area contributed by atoms with Crippen molar-refractivity contribution in [1.29, 1.82) is 0 Å². The number of nitrogens with two attached hydrogens (primary N) is 1. The van der Waals surface area contributed by atoms with Crippen LogP contribution in [0.15, 0.2) is 42.5 Å². The first-order chi connectivity index (χ1) is 10.2. The summed E-state index contributed by atoms with van der Waals surface area (Å²) in [5.74, 6) is 2.06. The molecule has 1 heterocycles. The molecule has 1 aromatic heterocycles. The number of nitrogen functional groups attached to an aromatic ring is 1. The quantitative estimate of drug-likeness (QED) is 0.764. The molecule has 0 atom stereocenters. The van der Waals surface area contributed by atoms with Crippen molar-refractivity contribution in [3.8, 4) is 0 Å². The van der Waals surface area contributed by atoms with E-state index in [0.29, 0.717) is 5.82 Å². The largest absolute Gasteiger partial charge is 0.383 e. The third-order valence-electron chi connectivity index (χ3n) is 3.59. The normalized spacial score (nSPS) is 10.8. The Balaban J connectivity index is 2.09. The van der Waals surface area contributed by atoms with E-state index in [9.17, 15) is 0 Å². The van der Waals surface area contributed by atoms with Crippen LogP contribution in [0.25, 0.3) is 10.8 Å². The Morgan fingerprint density at radius 3 is 2.62 bits per heavy atom. The molecule has 3 N–H and O–H groups in total. The Morgan fingerprint density at radius 2 is 1.81 bits per heavy atom. The molecule has 0 saturated heterocycles. The van der Waals surface area contributed by atoms with Gasteiger partial charge < -0.3 is 11.1 Å². The Morgan fingerprint density at radius 1 is 1.05 bits per heavy atom. The van der Waals surface area contributed by atoms with E-state index in [-0.39, 0.29) is 0 Å². The lowest BCUT2D eigenvalue weighted by molar-refractivity contribution is 0.940. The van der Waals surface area contributed by atoms with Crippen molar-refractivity contribution in [3.05, 3.63) is 53.9 Å². The van der Waals surface area contributed by atoms with Gasteiger partial charge in [-0.2, -0.15) is 0 Å². The minimum Gasteiger partial charge on any atom is -0.383 e. The first-order valence-electron chi connectivity index (χ1n) is 7.07. The van der Waals surface area contributed by atoms with Crippen LogP contribution in [0.5, 0.6) is 0 Å². The topological polar surface area (TPSA) is 63.8 Å². The number of hydrogen-bond donors (Lipinski definition) is 2. The van der Waals surface area contributed by atoms with Crippen LogP contribution < -0.4 is 11.1 Å². The van der Waals surface area contributed by atoms with Crippen LogP contribution >= 0.6 is 0 Å². The number of hydrogen-bond acceptors (Lipinski definition) is 4. The molecule has 0 amide bonds. The number of aryl methyl sites for hydroxylation is 1. The number of rotatable bonds is 3. The van der Waals surface area contributed by atoms with E-state index in [1.165, 1.54) is 5.39 Å². The molecule has 0 bridgehead atoms. The number of benzene rings is 2. The second kappa shape index (κ2) is 5.40. The van der Waals surface area contributed by atoms with Crippen molar-refractivity contribution in [2.75, 3.05) is 11.1 Å². The van der Waals surface area contributed by atoms with Gasteiger partial charge in [-0.1, -0.05) is 43.3 Å². The van der Waals surface area contributed by atoms with E-state index in [4.69, 9.17) is 5.73 Å². The van der Waals surface area contributed by atoms with Crippen LogP contribution in [-0.4, -0.2) is 9.97 Å². The molecule has 0 radical (unpaired) electrons. The Labute approximate surface area is 124 Å². The number of fused-ring (bicyclic) bond motifs is 1. The predicted octanol–water partition coefficient (Wildman–Crippen LogP) is 3.83. The van der Waals surface area contributed by atoms with E-state index >= 15 is 0 Å². The molecule has 3 aromatic rings. The zero-order chi connectivity index (χ0) is 14.8. The van der Waals surface area contributed by atoms with Gasteiger partial charge in [0.2, 0.25) is 0 Å². The lowest BCUT2D eigenvalue weighted by Gasteiger charge is -2.13. The average Bonchev–Trinajstić information content (AvgIpc) is 2.52. The average molecular weight is 278 g/mol. The number of aromatic nitrogens is 2. The highest BCUT2D eigenvalue weighted by atomic mass is 15.1. The van der Waals surface area contributed by atoms with Gasteiger partial charge in [0, 0.05) is 23.1 Å². The van der Waals surface area contributed by atoms with Crippen molar-refractivity contribution in [2.45, 2.75) is 20.3 Å². The molecule has 21 heavy (non-hydrogen) atoms. The molecule has 0 aliphatic rings. The first kappa shape index (κ1) is 13.4. The standard InChI is InChI=1S/C17H18N4/c1-3-15-20-16(18)11(2)17(21-15)19-14-10-6-8-12-7-4-5-9-13(12)14/h4-10H,3H2,1-2H3,(H3,18,19,20,21). The fourth-order valence-electron chi connectivity index (χ4n) is 2.32. The van der Waals surface area contributed by atoms with E-state index in [0.717, 1.165) is 34.7 Å². The summed E-state index contributed by atoms with van der Waals surface area (Å²) in [7, 11) is 0. The minimum absolute atomic E-state index is 0.532. The van der Waals surface area contributed by atoms with Crippen LogP contribution in [0.2, 0.25) is 0 Å². The summed E-state index contributed by atoms with van der Waals surface area (Å²) in [6, 6.07) is 14.4. The highest BCUT2D eigenvalue weighted by molar-refractivity contribution is 5.95. The lowest BCUT2D eigenvalue weighted by Crippen LogP contribution is -2.06. The molecule has 4 heteroatoms. The number of nitrogens with zero attached hydrogens (tertiary/aromatic N) is 2. The summed E-state index contributed by atoms with van der Waals surface area (Å²) in [5.41, 5.74) is 7.87. The summed E-state index contributed by atoms with van der Waals surface area (Å²) in [4.78, 5) is 8.83. The third-order valence-corrected chi connectivity index (χ3v) is 3.59. The number of anilines is 3. The molecule has 0 aliphatic carbocycles. The van der Waals surface area contributed by atoms with Gasteiger partial charge in [0.15, 0.2) is 0 Å². The summed E-state index contributed by atoms with van der Waals surface area (Å²) < 4.78 is 0. The molecule has 3 rings (SSSR count). The maximum Gasteiger partial charge on any atom is 0.139 e. The molecule has 0 unspecified atom stereocenters. The van der Waals surface area contributed by atoms with Crippen molar-refractivity contribution >= 4 is 28.1 Å².